The number of halogens is 3. The highest BCUT2D eigenvalue weighted by Gasteiger charge is 2.39. The van der Waals surface area contributed by atoms with Crippen molar-refractivity contribution in [2.75, 3.05) is 11.9 Å². The Morgan fingerprint density at radius 1 is 1.37 bits per heavy atom. The van der Waals surface area contributed by atoms with Crippen molar-refractivity contribution in [2.24, 2.45) is 0 Å². The first kappa shape index (κ1) is 14.8. The van der Waals surface area contributed by atoms with E-state index in [1.807, 2.05) is 0 Å². The van der Waals surface area contributed by atoms with Crippen molar-refractivity contribution < 1.29 is 32.6 Å². The molecular formula is C11H10F3NO4. The summed E-state index contributed by atoms with van der Waals surface area (Å²) in [7, 11) is 0. The number of amides is 1. The Hall–Kier alpha value is -2.25. The normalized spacial score (nSPS) is 10.9. The van der Waals surface area contributed by atoms with Gasteiger partial charge in [-0.15, -0.1) is 0 Å². The lowest BCUT2D eigenvalue weighted by Gasteiger charge is -2.10. The van der Waals surface area contributed by atoms with Crippen LogP contribution < -0.4 is 5.32 Å². The summed E-state index contributed by atoms with van der Waals surface area (Å²) in [6, 6.07) is 3.01. The molecule has 0 bridgehead atoms. The summed E-state index contributed by atoms with van der Waals surface area (Å²) in [6.45, 7) is 1.70. The molecule has 1 amide bonds. The predicted octanol–water partition coefficient (Wildman–Crippen LogP) is 2.07. The van der Waals surface area contributed by atoms with E-state index >= 15 is 0 Å². The van der Waals surface area contributed by atoms with Crippen LogP contribution >= 0.6 is 0 Å². The van der Waals surface area contributed by atoms with Crippen molar-refractivity contribution >= 4 is 17.6 Å². The molecule has 0 heterocycles. The van der Waals surface area contributed by atoms with Gasteiger partial charge in [0.15, 0.2) is 0 Å². The van der Waals surface area contributed by atoms with Crippen LogP contribution in [0.4, 0.5) is 18.9 Å². The van der Waals surface area contributed by atoms with Crippen molar-refractivity contribution in [2.45, 2.75) is 13.1 Å². The molecule has 0 fully saturated rings. The average Bonchev–Trinajstić information content (AvgIpc) is 2.30. The Morgan fingerprint density at radius 2 is 2.00 bits per heavy atom. The Morgan fingerprint density at radius 3 is 2.47 bits per heavy atom. The SMILES string of the molecule is CCOC(=O)c1ccc(NC(=O)C(F)(F)F)c(O)c1. The summed E-state index contributed by atoms with van der Waals surface area (Å²) < 4.78 is 40.7. The van der Waals surface area contributed by atoms with E-state index in [1.54, 1.807) is 6.92 Å². The molecule has 0 unspecified atom stereocenters. The van der Waals surface area contributed by atoms with Gasteiger partial charge in [0.25, 0.3) is 0 Å². The van der Waals surface area contributed by atoms with Crippen molar-refractivity contribution in [1.82, 2.24) is 0 Å². The number of hydrogen-bond acceptors (Lipinski definition) is 4. The van der Waals surface area contributed by atoms with Gasteiger partial charge in [0.2, 0.25) is 0 Å². The summed E-state index contributed by atoms with van der Waals surface area (Å²) in [4.78, 5) is 22.0. The fourth-order valence-corrected chi connectivity index (χ4v) is 1.17. The van der Waals surface area contributed by atoms with Crippen LogP contribution in [0, 0.1) is 0 Å². The summed E-state index contributed by atoms with van der Waals surface area (Å²) in [5.41, 5.74) is -0.486. The molecule has 0 atom stereocenters. The Bertz CT molecular complexity index is 499. The second-order valence-electron chi connectivity index (χ2n) is 3.40. The maximum absolute atomic E-state index is 12.0. The topological polar surface area (TPSA) is 75.6 Å². The minimum atomic E-state index is -5.06. The van der Waals surface area contributed by atoms with Gasteiger partial charge < -0.3 is 15.2 Å². The monoisotopic (exact) mass is 277 g/mol. The largest absolute Gasteiger partial charge is 0.506 e. The van der Waals surface area contributed by atoms with E-state index in [9.17, 15) is 27.9 Å². The molecule has 8 heteroatoms. The quantitative estimate of drug-likeness (QED) is 0.655. The van der Waals surface area contributed by atoms with E-state index in [0.29, 0.717) is 0 Å². The van der Waals surface area contributed by atoms with Gasteiger partial charge in [-0.1, -0.05) is 0 Å². The molecule has 1 rings (SSSR count). The number of rotatable bonds is 3. The maximum Gasteiger partial charge on any atom is 0.471 e. The first-order valence-corrected chi connectivity index (χ1v) is 5.14. The van der Waals surface area contributed by atoms with E-state index in [-0.39, 0.29) is 12.2 Å². The summed E-state index contributed by atoms with van der Waals surface area (Å²) >= 11 is 0. The van der Waals surface area contributed by atoms with Crippen molar-refractivity contribution in [3.63, 3.8) is 0 Å². The molecule has 2 N–H and O–H groups in total. The van der Waals surface area contributed by atoms with Crippen LogP contribution in [0.1, 0.15) is 17.3 Å². The number of aromatic hydroxyl groups is 1. The minimum Gasteiger partial charge on any atom is -0.506 e. The third-order valence-corrected chi connectivity index (χ3v) is 2.01. The van der Waals surface area contributed by atoms with Crippen molar-refractivity contribution in [1.29, 1.82) is 0 Å². The van der Waals surface area contributed by atoms with Crippen LogP contribution in [0.5, 0.6) is 5.75 Å². The first-order valence-electron chi connectivity index (χ1n) is 5.14. The number of ether oxygens (including phenoxy) is 1. The Kier molecular flexibility index (Phi) is 4.36. The molecule has 0 saturated carbocycles. The molecule has 0 aromatic heterocycles. The summed E-state index contributed by atoms with van der Waals surface area (Å²) in [6.07, 6.45) is -5.06. The van der Waals surface area contributed by atoms with E-state index in [4.69, 9.17) is 0 Å². The van der Waals surface area contributed by atoms with Gasteiger partial charge in [0.1, 0.15) is 5.75 Å². The predicted molar refractivity (Wildman–Crippen MR) is 58.7 cm³/mol. The number of phenolic OH excluding ortho intramolecular Hbond substituents is 1. The molecule has 0 radical (unpaired) electrons. The molecule has 0 aliphatic carbocycles. The number of carbonyl (C=O) groups excluding carboxylic acids is 2. The number of anilines is 1. The molecule has 5 nitrogen and oxygen atoms in total. The molecule has 1 aromatic carbocycles. The number of hydrogen-bond donors (Lipinski definition) is 2. The highest BCUT2D eigenvalue weighted by Crippen LogP contribution is 2.27. The van der Waals surface area contributed by atoms with Gasteiger partial charge >= 0.3 is 18.1 Å². The highest BCUT2D eigenvalue weighted by atomic mass is 19.4. The number of nitrogens with one attached hydrogen (secondary N) is 1. The zero-order chi connectivity index (χ0) is 14.6. The molecule has 0 spiro atoms. The van der Waals surface area contributed by atoms with Crippen LogP contribution in [0.15, 0.2) is 18.2 Å². The number of alkyl halides is 3. The highest BCUT2D eigenvalue weighted by molar-refractivity contribution is 5.97. The fraction of sp³-hybridized carbons (Fsp3) is 0.273. The molecule has 19 heavy (non-hydrogen) atoms. The summed E-state index contributed by atoms with van der Waals surface area (Å²) in [5.74, 6) is -3.61. The third kappa shape index (κ3) is 3.87. The Labute approximate surface area is 106 Å². The number of benzene rings is 1. The molecule has 0 saturated heterocycles. The standard InChI is InChI=1S/C11H10F3NO4/c1-2-19-9(17)6-3-4-7(8(16)5-6)15-10(18)11(12,13)14/h3-5,16H,2H2,1H3,(H,15,18). The van der Waals surface area contributed by atoms with Crippen molar-refractivity contribution in [3.8, 4) is 5.75 Å². The average molecular weight is 277 g/mol. The number of esters is 1. The van der Waals surface area contributed by atoms with Crippen molar-refractivity contribution in [3.05, 3.63) is 23.8 Å². The lowest BCUT2D eigenvalue weighted by atomic mass is 10.2. The fourth-order valence-electron chi connectivity index (χ4n) is 1.17. The van der Waals surface area contributed by atoms with E-state index in [2.05, 4.69) is 4.74 Å². The lowest BCUT2D eigenvalue weighted by Crippen LogP contribution is -2.29. The van der Waals surface area contributed by atoms with Gasteiger partial charge in [-0.25, -0.2) is 4.79 Å². The van der Waals surface area contributed by atoms with Crippen LogP contribution in [0.3, 0.4) is 0 Å². The van der Waals surface area contributed by atoms with Gasteiger partial charge in [0, 0.05) is 0 Å². The van der Waals surface area contributed by atoms with Crippen LogP contribution in [0.2, 0.25) is 0 Å². The van der Waals surface area contributed by atoms with Crippen LogP contribution in [-0.4, -0.2) is 29.8 Å². The number of phenols is 1. The van der Waals surface area contributed by atoms with Gasteiger partial charge in [-0.3, -0.25) is 4.79 Å². The maximum atomic E-state index is 12.0. The first-order chi connectivity index (χ1) is 8.75. The van der Waals surface area contributed by atoms with Gasteiger partial charge in [-0.05, 0) is 25.1 Å². The minimum absolute atomic E-state index is 0.0376. The second-order valence-corrected chi connectivity index (χ2v) is 3.40. The zero-order valence-corrected chi connectivity index (χ0v) is 9.75. The Balaban J connectivity index is 2.89. The molecule has 0 aliphatic heterocycles. The molecule has 0 aliphatic rings. The summed E-state index contributed by atoms with van der Waals surface area (Å²) in [5, 5.41) is 10.9. The van der Waals surface area contributed by atoms with Gasteiger partial charge in [0.05, 0.1) is 17.9 Å². The second kappa shape index (κ2) is 5.59. The third-order valence-electron chi connectivity index (χ3n) is 2.01. The van der Waals surface area contributed by atoms with Crippen LogP contribution in [-0.2, 0) is 9.53 Å². The molecule has 1 aromatic rings. The zero-order valence-electron chi connectivity index (χ0n) is 9.75. The van der Waals surface area contributed by atoms with E-state index in [1.165, 1.54) is 5.32 Å². The smallest absolute Gasteiger partial charge is 0.471 e. The molecular weight excluding hydrogens is 267 g/mol. The van der Waals surface area contributed by atoms with E-state index < -0.39 is 29.5 Å². The number of carbonyl (C=O) groups is 2. The van der Waals surface area contributed by atoms with Crippen LogP contribution in [0.25, 0.3) is 0 Å². The van der Waals surface area contributed by atoms with E-state index in [0.717, 1.165) is 18.2 Å². The van der Waals surface area contributed by atoms with Gasteiger partial charge in [-0.2, -0.15) is 13.2 Å². The molecule has 104 valence electrons. The lowest BCUT2D eigenvalue weighted by molar-refractivity contribution is -0.167.